The number of hydrogen-bond donors (Lipinski definition) is 4. The molecule has 0 aliphatic carbocycles. The monoisotopic (exact) mass is 682 g/mol. The molecule has 0 saturated carbocycles. The number of aliphatic hydroxyl groups excluding tert-OH is 3. The summed E-state index contributed by atoms with van der Waals surface area (Å²) in [5.74, 6) is -0.141. The Hall–Kier alpha value is -0.650. The minimum Gasteiger partial charge on any atom is -0.394 e. The first kappa shape index (κ1) is 47.4. The summed E-state index contributed by atoms with van der Waals surface area (Å²) >= 11 is 0. The van der Waals surface area contributed by atoms with Crippen LogP contribution < -0.4 is 5.32 Å². The Morgan fingerprint density at radius 1 is 0.438 bits per heavy atom. The molecular formula is C43H87NO4. The lowest BCUT2D eigenvalue weighted by molar-refractivity contribution is -0.124. The highest BCUT2D eigenvalue weighted by Crippen LogP contribution is 2.17. The van der Waals surface area contributed by atoms with Crippen LogP contribution in [0.5, 0.6) is 0 Å². The molecule has 0 bridgehead atoms. The first-order chi connectivity index (χ1) is 23.6. The number of rotatable bonds is 40. The lowest BCUT2D eigenvalue weighted by Crippen LogP contribution is -2.50. The van der Waals surface area contributed by atoms with E-state index in [0.717, 1.165) is 38.5 Å². The van der Waals surface area contributed by atoms with E-state index in [1.165, 1.54) is 180 Å². The topological polar surface area (TPSA) is 89.8 Å². The molecule has 0 spiro atoms. The zero-order valence-corrected chi connectivity index (χ0v) is 32.6. The van der Waals surface area contributed by atoms with Gasteiger partial charge in [0.2, 0.25) is 5.91 Å². The fourth-order valence-corrected chi connectivity index (χ4v) is 7.05. The first-order valence-electron chi connectivity index (χ1n) is 21.8. The van der Waals surface area contributed by atoms with Crippen LogP contribution in [0.3, 0.4) is 0 Å². The summed E-state index contributed by atoms with van der Waals surface area (Å²) in [5, 5.41) is 33.4. The Morgan fingerprint density at radius 3 is 1.00 bits per heavy atom. The number of nitrogens with one attached hydrogen (secondary N) is 1. The van der Waals surface area contributed by atoms with E-state index >= 15 is 0 Å². The molecule has 0 heterocycles. The van der Waals surface area contributed by atoms with Crippen LogP contribution in [0.2, 0.25) is 0 Å². The predicted molar refractivity (Wildman–Crippen MR) is 209 cm³/mol. The van der Waals surface area contributed by atoms with E-state index in [1.807, 2.05) is 0 Å². The van der Waals surface area contributed by atoms with Crippen molar-refractivity contribution in [3.63, 3.8) is 0 Å². The number of carbonyl (C=O) groups excluding carboxylic acids is 1. The molecule has 0 aromatic rings. The predicted octanol–water partition coefficient (Wildman–Crippen LogP) is 12.3. The van der Waals surface area contributed by atoms with Gasteiger partial charge in [-0.3, -0.25) is 4.79 Å². The van der Waals surface area contributed by atoms with E-state index in [1.54, 1.807) is 0 Å². The van der Waals surface area contributed by atoms with Crippen LogP contribution in [0.1, 0.15) is 245 Å². The lowest BCUT2D eigenvalue weighted by atomic mass is 9.99. The quantitative estimate of drug-likeness (QED) is 0.0485. The van der Waals surface area contributed by atoms with Gasteiger partial charge in [-0.25, -0.2) is 0 Å². The smallest absolute Gasteiger partial charge is 0.220 e. The van der Waals surface area contributed by atoms with Gasteiger partial charge in [-0.2, -0.15) is 0 Å². The fourth-order valence-electron chi connectivity index (χ4n) is 7.05. The average Bonchev–Trinajstić information content (AvgIpc) is 3.09. The van der Waals surface area contributed by atoms with E-state index in [-0.39, 0.29) is 12.5 Å². The minimum absolute atomic E-state index is 0.141. The van der Waals surface area contributed by atoms with Crippen LogP contribution in [0.15, 0.2) is 0 Å². The molecule has 0 fully saturated rings. The highest BCUT2D eigenvalue weighted by molar-refractivity contribution is 5.76. The standard InChI is InChI=1S/C43H87NO4/c1-3-5-7-9-11-13-15-16-17-18-19-20-21-22-23-24-25-26-27-28-30-32-34-36-38-42(47)44-40(39-45)43(48)41(46)37-35-33-31-29-14-12-10-8-6-4-2/h40-41,43,45-46,48H,3-39H2,1-2H3,(H,44,47)/t40-,41+,43-/m0/s1. The third-order valence-electron chi connectivity index (χ3n) is 10.5. The maximum absolute atomic E-state index is 12.4. The van der Waals surface area contributed by atoms with Crippen LogP contribution in [-0.2, 0) is 4.79 Å². The van der Waals surface area contributed by atoms with Crippen LogP contribution >= 0.6 is 0 Å². The van der Waals surface area contributed by atoms with Crippen molar-refractivity contribution in [3.8, 4) is 0 Å². The van der Waals surface area contributed by atoms with Gasteiger partial charge < -0.3 is 20.6 Å². The second-order valence-corrected chi connectivity index (χ2v) is 15.3. The maximum Gasteiger partial charge on any atom is 0.220 e. The number of unbranched alkanes of at least 4 members (excludes halogenated alkanes) is 32. The Kier molecular flexibility index (Phi) is 38.6. The molecule has 0 unspecified atom stereocenters. The number of amides is 1. The van der Waals surface area contributed by atoms with E-state index in [2.05, 4.69) is 19.2 Å². The van der Waals surface area contributed by atoms with Crippen molar-refractivity contribution >= 4 is 5.91 Å². The van der Waals surface area contributed by atoms with Gasteiger partial charge in [0.15, 0.2) is 0 Å². The number of hydrogen-bond acceptors (Lipinski definition) is 4. The van der Waals surface area contributed by atoms with Crippen LogP contribution in [0.4, 0.5) is 0 Å². The molecule has 0 rings (SSSR count). The molecule has 0 radical (unpaired) electrons. The van der Waals surface area contributed by atoms with Gasteiger partial charge in [-0.1, -0.05) is 226 Å². The highest BCUT2D eigenvalue weighted by Gasteiger charge is 2.26. The van der Waals surface area contributed by atoms with E-state index < -0.39 is 18.2 Å². The zero-order valence-electron chi connectivity index (χ0n) is 32.6. The molecular weight excluding hydrogens is 594 g/mol. The molecule has 288 valence electrons. The molecule has 0 aromatic heterocycles. The zero-order chi connectivity index (χ0) is 35.2. The summed E-state index contributed by atoms with van der Waals surface area (Å²) in [6.45, 7) is 4.18. The average molecular weight is 682 g/mol. The number of carbonyl (C=O) groups is 1. The normalized spacial score (nSPS) is 13.5. The third kappa shape index (κ3) is 33.8. The van der Waals surface area contributed by atoms with Crippen molar-refractivity contribution < 1.29 is 20.1 Å². The third-order valence-corrected chi connectivity index (χ3v) is 10.5. The van der Waals surface area contributed by atoms with Crippen molar-refractivity contribution in [3.05, 3.63) is 0 Å². The molecule has 0 aromatic carbocycles. The maximum atomic E-state index is 12.4. The van der Waals surface area contributed by atoms with Gasteiger partial charge >= 0.3 is 0 Å². The molecule has 0 aliphatic heterocycles. The summed E-state index contributed by atoms with van der Waals surface area (Å²) < 4.78 is 0. The van der Waals surface area contributed by atoms with Crippen molar-refractivity contribution in [2.24, 2.45) is 0 Å². The largest absolute Gasteiger partial charge is 0.394 e. The van der Waals surface area contributed by atoms with Crippen molar-refractivity contribution in [1.29, 1.82) is 0 Å². The molecule has 48 heavy (non-hydrogen) atoms. The molecule has 3 atom stereocenters. The van der Waals surface area contributed by atoms with Crippen molar-refractivity contribution in [1.82, 2.24) is 5.32 Å². The Bertz CT molecular complexity index is 630. The van der Waals surface area contributed by atoms with Gasteiger partial charge in [-0.15, -0.1) is 0 Å². The lowest BCUT2D eigenvalue weighted by Gasteiger charge is -2.26. The van der Waals surface area contributed by atoms with Gasteiger partial charge in [0.25, 0.3) is 0 Å². The van der Waals surface area contributed by atoms with E-state index in [9.17, 15) is 20.1 Å². The first-order valence-corrected chi connectivity index (χ1v) is 21.8. The molecule has 0 aliphatic rings. The van der Waals surface area contributed by atoms with Crippen LogP contribution in [0.25, 0.3) is 0 Å². The Labute approximate surface area is 300 Å². The van der Waals surface area contributed by atoms with Gasteiger partial charge in [0, 0.05) is 6.42 Å². The Balaban J connectivity index is 3.51. The summed E-state index contributed by atoms with van der Waals surface area (Å²) in [5.41, 5.74) is 0. The van der Waals surface area contributed by atoms with Crippen molar-refractivity contribution in [2.75, 3.05) is 6.61 Å². The molecule has 5 nitrogen and oxygen atoms in total. The summed E-state index contributed by atoms with van der Waals surface area (Å²) in [6.07, 6.45) is 43.7. The van der Waals surface area contributed by atoms with Crippen LogP contribution in [0, 0.1) is 0 Å². The van der Waals surface area contributed by atoms with E-state index in [4.69, 9.17) is 0 Å². The highest BCUT2D eigenvalue weighted by atomic mass is 16.3. The van der Waals surface area contributed by atoms with Gasteiger partial charge in [-0.05, 0) is 12.8 Å². The molecule has 0 saturated heterocycles. The Morgan fingerprint density at radius 2 is 0.708 bits per heavy atom. The fraction of sp³-hybridized carbons (Fsp3) is 0.977. The van der Waals surface area contributed by atoms with Crippen molar-refractivity contribution in [2.45, 2.75) is 263 Å². The van der Waals surface area contributed by atoms with Gasteiger partial charge in [0.1, 0.15) is 6.10 Å². The van der Waals surface area contributed by atoms with Crippen LogP contribution in [-0.4, -0.2) is 46.1 Å². The summed E-state index contributed by atoms with van der Waals surface area (Å²) in [7, 11) is 0. The molecule has 5 heteroatoms. The van der Waals surface area contributed by atoms with Gasteiger partial charge in [0.05, 0.1) is 18.8 Å². The second-order valence-electron chi connectivity index (χ2n) is 15.3. The number of aliphatic hydroxyl groups is 3. The molecule has 1 amide bonds. The van der Waals surface area contributed by atoms with E-state index in [0.29, 0.717) is 12.8 Å². The second kappa shape index (κ2) is 39.1. The summed E-state index contributed by atoms with van der Waals surface area (Å²) in [6, 6.07) is -0.801. The summed E-state index contributed by atoms with van der Waals surface area (Å²) in [4.78, 5) is 12.4. The SMILES string of the molecule is CCCCCCCCCCCCCCCCCCCCCCCCCCC(=O)N[C@@H](CO)[C@H](O)[C@H](O)CCCCCCCCCCCC. The molecule has 4 N–H and O–H groups in total. The minimum atomic E-state index is -1.13.